The van der Waals surface area contributed by atoms with Crippen molar-refractivity contribution >= 4 is 25.6 Å². The first-order valence-electron chi connectivity index (χ1n) is 14.9. The van der Waals surface area contributed by atoms with Crippen LogP contribution in [0.2, 0.25) is 0 Å². The van der Waals surface area contributed by atoms with E-state index in [0.717, 1.165) is 0 Å². The molecule has 0 bridgehead atoms. The van der Waals surface area contributed by atoms with E-state index in [0.29, 0.717) is 38.0 Å². The van der Waals surface area contributed by atoms with Crippen molar-refractivity contribution < 1.29 is 41.3 Å². The molecule has 0 spiro atoms. The number of aliphatic hydroxyl groups excluding tert-OH is 2. The van der Waals surface area contributed by atoms with Crippen molar-refractivity contribution in [3.05, 3.63) is 84.5 Å². The molecular weight excluding hydrogens is 604 g/mol. The molecule has 4 rings (SSSR count). The van der Waals surface area contributed by atoms with Crippen LogP contribution in [-0.2, 0) is 33.9 Å². The van der Waals surface area contributed by atoms with E-state index in [4.69, 9.17) is 9.47 Å². The van der Waals surface area contributed by atoms with Gasteiger partial charge in [0.25, 0.3) is 0 Å². The Morgan fingerprint density at radius 1 is 1.02 bits per heavy atom. The van der Waals surface area contributed by atoms with Crippen LogP contribution in [0, 0.1) is 17.8 Å². The summed E-state index contributed by atoms with van der Waals surface area (Å²) < 4.78 is 66.0. The Morgan fingerprint density at radius 2 is 1.61 bits per heavy atom. The van der Waals surface area contributed by atoms with Crippen LogP contribution >= 0.6 is 0 Å². The number of benzene rings is 2. The zero-order chi connectivity index (χ0) is 32.0. The minimum absolute atomic E-state index is 0.0903. The SMILES string of the molecule is CCOCC[C@H](O)/C=C/[C@H]1[C@H]2CC(CC(CCC(=O)OC)(S(=O)(=O)c3ccccc3)S(=O)(=O)c3ccccc3)=C[C@H]2C[C@H]1O. The van der Waals surface area contributed by atoms with Crippen molar-refractivity contribution in [3.63, 3.8) is 0 Å². The Labute approximate surface area is 260 Å². The highest BCUT2D eigenvalue weighted by Gasteiger charge is 2.57. The van der Waals surface area contributed by atoms with Gasteiger partial charge in [-0.3, -0.25) is 4.79 Å². The Bertz CT molecular complexity index is 1460. The number of carbonyl (C=O) groups is 1. The van der Waals surface area contributed by atoms with Gasteiger partial charge in [0.1, 0.15) is 0 Å². The number of aliphatic hydroxyl groups is 2. The van der Waals surface area contributed by atoms with E-state index < -0.39 is 54.8 Å². The largest absolute Gasteiger partial charge is 0.469 e. The summed E-state index contributed by atoms with van der Waals surface area (Å²) in [6.45, 7) is 2.84. The zero-order valence-corrected chi connectivity index (χ0v) is 26.8. The predicted molar refractivity (Wildman–Crippen MR) is 166 cm³/mol. The molecule has 1 fully saturated rings. The molecule has 2 aliphatic carbocycles. The van der Waals surface area contributed by atoms with E-state index in [1.807, 2.05) is 19.1 Å². The number of allylic oxidation sites excluding steroid dienone is 2. The topological polar surface area (TPSA) is 144 Å². The van der Waals surface area contributed by atoms with Gasteiger partial charge in [-0.1, -0.05) is 60.2 Å². The number of fused-ring (bicyclic) bond motifs is 1. The summed E-state index contributed by atoms with van der Waals surface area (Å²) in [5.41, 5.74) is 0.645. The van der Waals surface area contributed by atoms with Crippen molar-refractivity contribution in [1.82, 2.24) is 0 Å². The molecular formula is C33H42O9S2. The summed E-state index contributed by atoms with van der Waals surface area (Å²) in [7, 11) is -8.00. The Hall–Kier alpha value is -2.83. The van der Waals surface area contributed by atoms with Gasteiger partial charge in [0, 0.05) is 38.4 Å². The normalized spacial score (nSPS) is 23.0. The Balaban J connectivity index is 1.74. The maximum atomic E-state index is 14.6. The molecule has 0 saturated heterocycles. The molecule has 0 heterocycles. The monoisotopic (exact) mass is 646 g/mol. The van der Waals surface area contributed by atoms with E-state index in [2.05, 4.69) is 0 Å². The highest BCUT2D eigenvalue weighted by molar-refractivity contribution is 8.10. The molecule has 0 aromatic heterocycles. The lowest BCUT2D eigenvalue weighted by Gasteiger charge is -2.34. The van der Waals surface area contributed by atoms with Gasteiger partial charge in [-0.05, 0) is 62.3 Å². The molecule has 0 amide bonds. The molecule has 2 aromatic carbocycles. The molecule has 240 valence electrons. The third-order valence-corrected chi connectivity index (χ3v) is 14.5. The number of methoxy groups -OCH3 is 1. The zero-order valence-electron chi connectivity index (χ0n) is 25.1. The summed E-state index contributed by atoms with van der Waals surface area (Å²) >= 11 is 0. The standard InChI is InChI=1S/C33H42O9S2/c1-3-42-19-17-26(34)14-15-29-30-21-24(20-25(30)22-31(29)35)23-33(18-16-32(36)41-2,43(37,38)27-10-6-4-7-11-27)44(39,40)28-12-8-5-9-13-28/h4-15,20,25-26,29-31,34-35H,3,16-19,21-23H2,1-2H3/b15-14+/t25-,26+,29-,30-,31+/m0/s1. The number of carbonyl (C=O) groups excluding carboxylic acids is 1. The van der Waals surface area contributed by atoms with Gasteiger partial charge in [-0.25, -0.2) is 16.8 Å². The maximum absolute atomic E-state index is 14.6. The first kappa shape index (κ1) is 34.1. The van der Waals surface area contributed by atoms with Crippen LogP contribution < -0.4 is 0 Å². The minimum Gasteiger partial charge on any atom is -0.469 e. The van der Waals surface area contributed by atoms with Crippen LogP contribution in [0.4, 0.5) is 0 Å². The van der Waals surface area contributed by atoms with Crippen LogP contribution in [0.3, 0.4) is 0 Å². The fraction of sp³-hybridized carbons (Fsp3) is 0.485. The third kappa shape index (κ3) is 7.02. The summed E-state index contributed by atoms with van der Waals surface area (Å²) in [6.07, 6.45) is 3.96. The summed E-state index contributed by atoms with van der Waals surface area (Å²) in [4.78, 5) is 12.1. The predicted octanol–water partition coefficient (Wildman–Crippen LogP) is 4.26. The van der Waals surface area contributed by atoms with Crippen molar-refractivity contribution in [1.29, 1.82) is 0 Å². The van der Waals surface area contributed by atoms with E-state index in [1.165, 1.54) is 55.6 Å². The molecule has 1 saturated carbocycles. The molecule has 9 nitrogen and oxygen atoms in total. The highest BCUT2D eigenvalue weighted by atomic mass is 32.3. The lowest BCUT2D eigenvalue weighted by molar-refractivity contribution is -0.140. The first-order valence-corrected chi connectivity index (χ1v) is 17.9. The van der Waals surface area contributed by atoms with Crippen molar-refractivity contribution in [2.75, 3.05) is 20.3 Å². The van der Waals surface area contributed by atoms with E-state index in [9.17, 15) is 31.8 Å². The van der Waals surface area contributed by atoms with E-state index >= 15 is 0 Å². The number of hydrogen-bond acceptors (Lipinski definition) is 9. The quantitative estimate of drug-likeness (QED) is 0.165. The van der Waals surface area contributed by atoms with Crippen molar-refractivity contribution in [2.45, 2.75) is 71.5 Å². The molecule has 0 radical (unpaired) electrons. The number of rotatable bonds is 15. The molecule has 2 aromatic rings. The van der Waals surface area contributed by atoms with Gasteiger partial charge in [-0.15, -0.1) is 0 Å². The van der Waals surface area contributed by atoms with Crippen LogP contribution in [-0.4, -0.2) is 69.6 Å². The maximum Gasteiger partial charge on any atom is 0.305 e. The third-order valence-electron chi connectivity index (χ3n) is 8.79. The molecule has 0 aliphatic heterocycles. The molecule has 2 N–H and O–H groups in total. The fourth-order valence-corrected chi connectivity index (χ4v) is 11.6. The van der Waals surface area contributed by atoms with Crippen LogP contribution in [0.1, 0.15) is 45.4 Å². The molecule has 44 heavy (non-hydrogen) atoms. The first-order chi connectivity index (χ1) is 21.0. The van der Waals surface area contributed by atoms with E-state index in [-0.39, 0.29) is 34.0 Å². The Kier molecular flexibility index (Phi) is 11.2. The Morgan fingerprint density at radius 3 is 2.16 bits per heavy atom. The van der Waals surface area contributed by atoms with Gasteiger partial charge in [0.2, 0.25) is 0 Å². The van der Waals surface area contributed by atoms with Crippen LogP contribution in [0.5, 0.6) is 0 Å². The number of hydrogen-bond donors (Lipinski definition) is 2. The van der Waals surface area contributed by atoms with E-state index in [1.54, 1.807) is 18.2 Å². The minimum atomic E-state index is -4.59. The van der Waals surface area contributed by atoms with Gasteiger partial charge in [0.05, 0.1) is 29.1 Å². The van der Waals surface area contributed by atoms with Crippen LogP contribution in [0.15, 0.2) is 94.3 Å². The summed E-state index contributed by atoms with van der Waals surface area (Å²) in [5, 5.41) is 21.2. The highest BCUT2D eigenvalue weighted by Crippen LogP contribution is 2.52. The average molecular weight is 647 g/mol. The smallest absolute Gasteiger partial charge is 0.305 e. The van der Waals surface area contributed by atoms with Gasteiger partial charge in [-0.2, -0.15) is 0 Å². The van der Waals surface area contributed by atoms with Crippen LogP contribution in [0.25, 0.3) is 0 Å². The number of esters is 1. The molecule has 5 atom stereocenters. The van der Waals surface area contributed by atoms with Crippen molar-refractivity contribution in [2.24, 2.45) is 17.8 Å². The van der Waals surface area contributed by atoms with Gasteiger partial charge >= 0.3 is 5.97 Å². The second kappa shape index (κ2) is 14.5. The summed E-state index contributed by atoms with van der Waals surface area (Å²) in [5.74, 6) is -1.19. The average Bonchev–Trinajstić information content (AvgIpc) is 3.54. The van der Waals surface area contributed by atoms with Crippen molar-refractivity contribution in [3.8, 4) is 0 Å². The molecule has 0 unspecified atom stereocenters. The number of sulfone groups is 2. The molecule has 2 aliphatic rings. The second-order valence-electron chi connectivity index (χ2n) is 11.5. The molecule has 11 heteroatoms. The van der Waals surface area contributed by atoms with Gasteiger partial charge in [0.15, 0.2) is 23.8 Å². The number of ether oxygens (including phenoxy) is 2. The lowest BCUT2D eigenvalue weighted by Crippen LogP contribution is -2.47. The summed E-state index contributed by atoms with van der Waals surface area (Å²) in [6, 6.07) is 14.9. The second-order valence-corrected chi connectivity index (χ2v) is 16.2. The lowest BCUT2D eigenvalue weighted by atomic mass is 9.88. The fourth-order valence-electron chi connectivity index (χ4n) is 6.50. The van der Waals surface area contributed by atoms with Gasteiger partial charge < -0.3 is 19.7 Å².